The van der Waals surface area contributed by atoms with Crippen molar-refractivity contribution in [2.24, 2.45) is 0 Å². The highest BCUT2D eigenvalue weighted by Crippen LogP contribution is 2.36. The van der Waals surface area contributed by atoms with Crippen LogP contribution in [0.3, 0.4) is 0 Å². The largest absolute Gasteiger partial charge is 0.255 e. The number of hydrogen-bond acceptors (Lipinski definition) is 6. The molecule has 6 aromatic heterocycles. The molecule has 0 N–H and O–H groups in total. The highest BCUT2D eigenvalue weighted by atomic mass is 14.8. The Kier molecular flexibility index (Phi) is 6.03. The van der Waals surface area contributed by atoms with Crippen molar-refractivity contribution in [1.82, 2.24) is 29.9 Å². The molecule has 0 fully saturated rings. The second-order valence-corrected chi connectivity index (χ2v) is 11.2. The van der Waals surface area contributed by atoms with Crippen LogP contribution in [0.5, 0.6) is 0 Å². The molecule has 6 heterocycles. The fraction of sp³-hybridized carbons (Fsp3) is 0. The van der Waals surface area contributed by atoms with Gasteiger partial charge in [0.25, 0.3) is 0 Å². The number of hydrogen-bond donors (Lipinski definition) is 0. The van der Waals surface area contributed by atoms with E-state index in [0.29, 0.717) is 0 Å². The van der Waals surface area contributed by atoms with Crippen molar-refractivity contribution >= 4 is 43.6 Å². The summed E-state index contributed by atoms with van der Waals surface area (Å²) in [5.41, 5.74) is 10.9. The second-order valence-electron chi connectivity index (χ2n) is 11.2. The highest BCUT2D eigenvalue weighted by Gasteiger charge is 2.16. The molecule has 46 heavy (non-hydrogen) atoms. The molecule has 9 rings (SSSR count). The minimum absolute atomic E-state index is 0.796. The van der Waals surface area contributed by atoms with Gasteiger partial charge in [-0.2, -0.15) is 0 Å². The number of aromatic nitrogens is 6. The summed E-state index contributed by atoms with van der Waals surface area (Å²) in [6, 6.07) is 43.1. The predicted octanol–water partition coefficient (Wildman–Crippen LogP) is 9.34. The van der Waals surface area contributed by atoms with E-state index in [1.807, 2.05) is 60.8 Å². The van der Waals surface area contributed by atoms with Crippen LogP contribution in [0.2, 0.25) is 0 Å². The minimum Gasteiger partial charge on any atom is -0.255 e. The SMILES string of the molecule is c1ccc(-c2cc(-c3ccc(-c4nc5ccccc5c5nc6c(ccc7cccnc76)cc45)cc3)cc(-c3ccccn3)n2)nc1. The van der Waals surface area contributed by atoms with Crippen LogP contribution in [-0.4, -0.2) is 29.9 Å². The Bertz CT molecular complexity index is 2510. The lowest BCUT2D eigenvalue weighted by Gasteiger charge is -2.13. The second kappa shape index (κ2) is 10.6. The summed E-state index contributed by atoms with van der Waals surface area (Å²) in [4.78, 5) is 29.1. The van der Waals surface area contributed by atoms with Crippen LogP contribution in [0.25, 0.3) is 88.8 Å². The molecule has 0 amide bonds. The molecule has 0 unspecified atom stereocenters. The van der Waals surface area contributed by atoms with Crippen LogP contribution in [0.1, 0.15) is 0 Å². The zero-order valence-corrected chi connectivity index (χ0v) is 24.5. The van der Waals surface area contributed by atoms with Gasteiger partial charge in [-0.15, -0.1) is 0 Å². The van der Waals surface area contributed by atoms with E-state index < -0.39 is 0 Å². The van der Waals surface area contributed by atoms with Crippen molar-refractivity contribution < 1.29 is 0 Å². The predicted molar refractivity (Wildman–Crippen MR) is 185 cm³/mol. The fourth-order valence-corrected chi connectivity index (χ4v) is 6.14. The van der Waals surface area contributed by atoms with Gasteiger partial charge in [-0.05, 0) is 65.7 Å². The van der Waals surface area contributed by atoms with Crippen LogP contribution in [0.4, 0.5) is 0 Å². The molecule has 0 aliphatic carbocycles. The zero-order chi connectivity index (χ0) is 30.5. The molecule has 0 saturated heterocycles. The molecule has 0 bridgehead atoms. The summed E-state index contributed by atoms with van der Waals surface area (Å²) in [5.74, 6) is 0. The summed E-state index contributed by atoms with van der Waals surface area (Å²) >= 11 is 0. The van der Waals surface area contributed by atoms with E-state index >= 15 is 0 Å². The quantitative estimate of drug-likeness (QED) is 0.151. The summed E-state index contributed by atoms with van der Waals surface area (Å²) in [6.45, 7) is 0. The van der Waals surface area contributed by atoms with E-state index in [-0.39, 0.29) is 0 Å². The molecule has 9 aromatic rings. The molecule has 0 radical (unpaired) electrons. The highest BCUT2D eigenvalue weighted by molar-refractivity contribution is 6.15. The van der Waals surface area contributed by atoms with Gasteiger partial charge < -0.3 is 0 Å². The number of benzene rings is 3. The lowest BCUT2D eigenvalue weighted by atomic mass is 9.98. The van der Waals surface area contributed by atoms with Crippen LogP contribution >= 0.6 is 0 Å². The van der Waals surface area contributed by atoms with Gasteiger partial charge in [0.1, 0.15) is 0 Å². The maximum absolute atomic E-state index is 5.24. The Balaban J connectivity index is 1.21. The monoisotopic (exact) mass is 588 g/mol. The first-order chi connectivity index (χ1) is 22.8. The maximum atomic E-state index is 5.24. The van der Waals surface area contributed by atoms with Gasteiger partial charge in [0.15, 0.2) is 0 Å². The third kappa shape index (κ3) is 4.43. The molecular weight excluding hydrogens is 564 g/mol. The number of fused-ring (bicyclic) bond motifs is 6. The molecule has 0 atom stereocenters. The normalized spacial score (nSPS) is 11.5. The Morgan fingerprint density at radius 1 is 0.348 bits per heavy atom. The Hall–Kier alpha value is -6.40. The van der Waals surface area contributed by atoms with Crippen molar-refractivity contribution in [3.05, 3.63) is 146 Å². The number of nitrogens with zero attached hydrogens (tertiary/aromatic N) is 6. The summed E-state index contributed by atoms with van der Waals surface area (Å²) in [7, 11) is 0. The fourth-order valence-electron chi connectivity index (χ4n) is 6.14. The minimum atomic E-state index is 0.796. The molecule has 0 saturated carbocycles. The topological polar surface area (TPSA) is 77.3 Å². The Morgan fingerprint density at radius 2 is 1.02 bits per heavy atom. The van der Waals surface area contributed by atoms with E-state index in [2.05, 4.69) is 87.7 Å². The van der Waals surface area contributed by atoms with Gasteiger partial charge in [0.05, 0.1) is 50.5 Å². The van der Waals surface area contributed by atoms with E-state index in [0.717, 1.165) is 88.8 Å². The third-order valence-corrected chi connectivity index (χ3v) is 8.38. The van der Waals surface area contributed by atoms with E-state index in [1.54, 1.807) is 12.4 Å². The molecule has 0 aliphatic heterocycles. The average molecular weight is 589 g/mol. The molecule has 0 aliphatic rings. The number of rotatable bonds is 4. The third-order valence-electron chi connectivity index (χ3n) is 8.38. The number of para-hydroxylation sites is 1. The maximum Gasteiger partial charge on any atom is 0.0972 e. The summed E-state index contributed by atoms with van der Waals surface area (Å²) < 4.78 is 0. The van der Waals surface area contributed by atoms with Gasteiger partial charge in [-0.1, -0.05) is 72.8 Å². The van der Waals surface area contributed by atoms with Crippen molar-refractivity contribution in [2.75, 3.05) is 0 Å². The summed E-state index contributed by atoms with van der Waals surface area (Å²) in [5, 5.41) is 4.14. The molecule has 3 aromatic carbocycles. The Morgan fingerprint density at radius 3 is 1.76 bits per heavy atom. The van der Waals surface area contributed by atoms with Gasteiger partial charge in [-0.25, -0.2) is 15.0 Å². The molecule has 6 nitrogen and oxygen atoms in total. The molecule has 214 valence electrons. The van der Waals surface area contributed by atoms with Crippen LogP contribution < -0.4 is 0 Å². The Labute approximate surface area is 264 Å². The van der Waals surface area contributed by atoms with Crippen molar-refractivity contribution in [1.29, 1.82) is 0 Å². The smallest absolute Gasteiger partial charge is 0.0972 e. The molecule has 6 heteroatoms. The van der Waals surface area contributed by atoms with Gasteiger partial charge in [-0.3, -0.25) is 15.0 Å². The van der Waals surface area contributed by atoms with Gasteiger partial charge >= 0.3 is 0 Å². The first-order valence-electron chi connectivity index (χ1n) is 15.1. The van der Waals surface area contributed by atoms with Crippen LogP contribution in [0, 0.1) is 0 Å². The van der Waals surface area contributed by atoms with Gasteiger partial charge in [0, 0.05) is 45.7 Å². The van der Waals surface area contributed by atoms with Crippen molar-refractivity contribution in [3.63, 3.8) is 0 Å². The standard InChI is InChI=1S/C40H24N6/c1-2-10-32-30(9-1)40-31(22-28-18-17-26-8-7-21-43-38(26)39(28)46-40)37(45-32)27-15-13-25(14-16-27)29-23-35(33-11-3-5-19-41-33)44-36(24-29)34-12-4-6-20-42-34/h1-24H. The first-order valence-corrected chi connectivity index (χ1v) is 15.1. The van der Waals surface area contributed by atoms with E-state index in [9.17, 15) is 0 Å². The first kappa shape index (κ1) is 26.0. The summed E-state index contributed by atoms with van der Waals surface area (Å²) in [6.07, 6.45) is 5.40. The van der Waals surface area contributed by atoms with Crippen LogP contribution in [0.15, 0.2) is 146 Å². The lowest BCUT2D eigenvalue weighted by molar-refractivity contribution is 1.22. The zero-order valence-electron chi connectivity index (χ0n) is 24.5. The van der Waals surface area contributed by atoms with Crippen LogP contribution in [-0.2, 0) is 0 Å². The average Bonchev–Trinajstić information content (AvgIpc) is 3.14. The number of pyridine rings is 6. The van der Waals surface area contributed by atoms with Crippen molar-refractivity contribution in [2.45, 2.75) is 0 Å². The van der Waals surface area contributed by atoms with E-state index in [4.69, 9.17) is 15.0 Å². The molecular formula is C40H24N6. The van der Waals surface area contributed by atoms with Gasteiger partial charge in [0.2, 0.25) is 0 Å². The van der Waals surface area contributed by atoms with E-state index in [1.165, 1.54) is 0 Å². The van der Waals surface area contributed by atoms with Crippen molar-refractivity contribution in [3.8, 4) is 45.2 Å². The lowest BCUT2D eigenvalue weighted by Crippen LogP contribution is -1.95. The molecule has 0 spiro atoms.